The van der Waals surface area contributed by atoms with Gasteiger partial charge in [0.25, 0.3) is 11.8 Å². The Morgan fingerprint density at radius 3 is 2.11 bits per heavy atom. The van der Waals surface area contributed by atoms with E-state index in [4.69, 9.17) is 23.2 Å². The molecule has 2 aliphatic heterocycles. The van der Waals surface area contributed by atoms with Crippen molar-refractivity contribution in [1.82, 2.24) is 9.80 Å². The average molecular weight is 421 g/mol. The number of halogens is 2. The van der Waals surface area contributed by atoms with E-state index in [0.717, 1.165) is 51.6 Å². The van der Waals surface area contributed by atoms with E-state index in [9.17, 15) is 9.59 Å². The number of nitrogens with zero attached hydrogens (tertiary/aromatic N) is 2. The second-order valence-corrected chi connectivity index (χ2v) is 8.86. The van der Waals surface area contributed by atoms with Gasteiger partial charge in [0.05, 0.1) is 10.6 Å². The van der Waals surface area contributed by atoms with Gasteiger partial charge in [0.1, 0.15) is 5.70 Å². The summed E-state index contributed by atoms with van der Waals surface area (Å²) < 4.78 is 0. The molecule has 4 nitrogen and oxygen atoms in total. The third-order valence-electron chi connectivity index (χ3n) is 6.15. The van der Waals surface area contributed by atoms with E-state index in [1.54, 1.807) is 23.1 Å². The molecule has 0 spiro atoms. The van der Waals surface area contributed by atoms with Crippen LogP contribution in [-0.2, 0) is 9.59 Å². The summed E-state index contributed by atoms with van der Waals surface area (Å²) in [4.78, 5) is 30.7. The maximum absolute atomic E-state index is 13.5. The van der Waals surface area contributed by atoms with Crippen molar-refractivity contribution < 1.29 is 9.59 Å². The van der Waals surface area contributed by atoms with Crippen molar-refractivity contribution in [3.63, 3.8) is 0 Å². The summed E-state index contributed by atoms with van der Waals surface area (Å²) in [5, 5.41) is 0.936. The van der Waals surface area contributed by atoms with Crippen LogP contribution in [0.1, 0.15) is 63.4 Å². The van der Waals surface area contributed by atoms with Crippen molar-refractivity contribution >= 4 is 40.6 Å². The normalized spacial score (nSPS) is 22.2. The Morgan fingerprint density at radius 2 is 1.46 bits per heavy atom. The molecule has 1 saturated heterocycles. The summed E-state index contributed by atoms with van der Waals surface area (Å²) in [7, 11) is 0. The van der Waals surface area contributed by atoms with Gasteiger partial charge in [-0.2, -0.15) is 0 Å². The summed E-state index contributed by atoms with van der Waals surface area (Å²) in [5.74, 6) is -0.333. The molecule has 0 aromatic heterocycles. The molecule has 6 heteroatoms. The van der Waals surface area contributed by atoms with Crippen LogP contribution >= 0.6 is 23.2 Å². The number of hydrogen-bond acceptors (Lipinski definition) is 3. The zero-order valence-electron chi connectivity index (χ0n) is 16.1. The Bertz CT molecular complexity index is 807. The number of carbonyl (C=O) groups is 2. The molecule has 28 heavy (non-hydrogen) atoms. The Kier molecular flexibility index (Phi) is 5.98. The van der Waals surface area contributed by atoms with Gasteiger partial charge >= 0.3 is 0 Å². The maximum Gasteiger partial charge on any atom is 0.278 e. The third kappa shape index (κ3) is 3.69. The molecule has 0 N–H and O–H groups in total. The molecule has 4 rings (SSSR count). The van der Waals surface area contributed by atoms with E-state index in [1.807, 2.05) is 0 Å². The van der Waals surface area contributed by atoms with Crippen LogP contribution in [-0.4, -0.2) is 40.7 Å². The fourth-order valence-electron chi connectivity index (χ4n) is 4.73. The molecule has 1 saturated carbocycles. The number of hydrogen-bond donors (Lipinski definition) is 0. The molecule has 2 fully saturated rings. The van der Waals surface area contributed by atoms with E-state index >= 15 is 0 Å². The van der Waals surface area contributed by atoms with Crippen LogP contribution in [0, 0.1) is 0 Å². The highest BCUT2D eigenvalue weighted by Gasteiger charge is 2.45. The summed E-state index contributed by atoms with van der Waals surface area (Å²) in [5.41, 5.74) is 1.60. The van der Waals surface area contributed by atoms with Crippen LogP contribution in [0.3, 0.4) is 0 Å². The van der Waals surface area contributed by atoms with Crippen molar-refractivity contribution in [3.05, 3.63) is 39.5 Å². The van der Waals surface area contributed by atoms with Gasteiger partial charge in [0.2, 0.25) is 0 Å². The van der Waals surface area contributed by atoms with Crippen LogP contribution in [0.5, 0.6) is 0 Å². The minimum atomic E-state index is -0.193. The highest BCUT2D eigenvalue weighted by molar-refractivity contribution is 6.41. The molecular weight excluding hydrogens is 395 g/mol. The summed E-state index contributed by atoms with van der Waals surface area (Å²) >= 11 is 12.5. The zero-order valence-corrected chi connectivity index (χ0v) is 17.6. The minimum Gasteiger partial charge on any atom is -0.366 e. The summed E-state index contributed by atoms with van der Waals surface area (Å²) in [6, 6.07) is 5.13. The summed E-state index contributed by atoms with van der Waals surface area (Å²) in [6.07, 6.45) is 9.60. The van der Waals surface area contributed by atoms with Gasteiger partial charge in [-0.05, 0) is 37.8 Å². The molecule has 2 amide bonds. The number of amides is 2. The molecule has 0 unspecified atom stereocenters. The third-order valence-corrected chi connectivity index (χ3v) is 6.70. The van der Waals surface area contributed by atoms with Gasteiger partial charge in [-0.15, -0.1) is 0 Å². The largest absolute Gasteiger partial charge is 0.366 e. The molecule has 2 heterocycles. The van der Waals surface area contributed by atoms with Gasteiger partial charge in [-0.25, -0.2) is 0 Å². The smallest absolute Gasteiger partial charge is 0.278 e. The Balaban J connectivity index is 1.75. The van der Waals surface area contributed by atoms with E-state index in [-0.39, 0.29) is 17.9 Å². The first-order chi connectivity index (χ1) is 13.6. The molecular formula is C22H26Cl2N2O2. The lowest BCUT2D eigenvalue weighted by Gasteiger charge is -2.29. The lowest BCUT2D eigenvalue weighted by molar-refractivity contribution is -0.140. The van der Waals surface area contributed by atoms with Crippen LogP contribution < -0.4 is 0 Å². The quantitative estimate of drug-likeness (QED) is 0.624. The predicted molar refractivity (Wildman–Crippen MR) is 112 cm³/mol. The van der Waals surface area contributed by atoms with Gasteiger partial charge < -0.3 is 4.90 Å². The first-order valence-electron chi connectivity index (χ1n) is 10.4. The average Bonchev–Trinajstić information content (AvgIpc) is 3.23. The molecule has 1 aliphatic carbocycles. The minimum absolute atomic E-state index is 0.0125. The van der Waals surface area contributed by atoms with Crippen LogP contribution in [0.15, 0.2) is 23.9 Å². The van der Waals surface area contributed by atoms with E-state index < -0.39 is 0 Å². The maximum atomic E-state index is 13.5. The second kappa shape index (κ2) is 8.46. The summed E-state index contributed by atoms with van der Waals surface area (Å²) in [6.45, 7) is 1.61. The lowest BCUT2D eigenvalue weighted by Crippen LogP contribution is -2.42. The van der Waals surface area contributed by atoms with E-state index in [2.05, 4.69) is 4.90 Å². The molecule has 150 valence electrons. The Hall–Kier alpha value is -1.52. The van der Waals surface area contributed by atoms with Gasteiger partial charge in [0.15, 0.2) is 0 Å². The number of likely N-dealkylation sites (tertiary alicyclic amines) is 1. The standard InChI is InChI=1S/C22H26Cl2N2O2/c23-15-10-11-17(18(24)14-15)19-20(25-12-6-7-13-25)22(28)26(21(19)27)16-8-4-2-1-3-5-9-16/h10-11,14,16H,1-9,12-13H2. The number of benzene rings is 1. The second-order valence-electron chi connectivity index (χ2n) is 8.02. The van der Waals surface area contributed by atoms with Crippen LogP contribution in [0.4, 0.5) is 0 Å². The van der Waals surface area contributed by atoms with Crippen LogP contribution in [0.25, 0.3) is 5.57 Å². The van der Waals surface area contributed by atoms with Crippen molar-refractivity contribution in [1.29, 1.82) is 0 Å². The lowest BCUT2D eigenvalue weighted by atomic mass is 9.95. The molecule has 1 aromatic carbocycles. The topological polar surface area (TPSA) is 40.6 Å². The van der Waals surface area contributed by atoms with E-state index in [0.29, 0.717) is 26.9 Å². The zero-order chi connectivity index (χ0) is 19.7. The first-order valence-corrected chi connectivity index (χ1v) is 11.2. The van der Waals surface area contributed by atoms with Gasteiger partial charge in [-0.1, -0.05) is 61.4 Å². The number of imide groups is 1. The van der Waals surface area contributed by atoms with Gasteiger partial charge in [0, 0.05) is 29.7 Å². The fourth-order valence-corrected chi connectivity index (χ4v) is 5.23. The highest BCUT2D eigenvalue weighted by atomic mass is 35.5. The Morgan fingerprint density at radius 1 is 0.821 bits per heavy atom. The molecule has 3 aliphatic rings. The first kappa shape index (κ1) is 19.8. The molecule has 0 atom stereocenters. The van der Waals surface area contributed by atoms with Crippen molar-refractivity contribution in [3.8, 4) is 0 Å². The van der Waals surface area contributed by atoms with Crippen molar-refractivity contribution in [2.24, 2.45) is 0 Å². The number of carbonyl (C=O) groups excluding carboxylic acids is 2. The monoisotopic (exact) mass is 420 g/mol. The van der Waals surface area contributed by atoms with Crippen molar-refractivity contribution in [2.75, 3.05) is 13.1 Å². The predicted octanol–water partition coefficient (Wildman–Crippen LogP) is 5.28. The Labute approximate surface area is 176 Å². The van der Waals surface area contributed by atoms with Crippen LogP contribution in [0.2, 0.25) is 10.0 Å². The van der Waals surface area contributed by atoms with Crippen molar-refractivity contribution in [2.45, 2.75) is 63.8 Å². The molecule has 0 bridgehead atoms. The number of rotatable bonds is 3. The highest BCUT2D eigenvalue weighted by Crippen LogP contribution is 2.39. The SMILES string of the molecule is O=C1C(c2ccc(Cl)cc2Cl)=C(N2CCCC2)C(=O)N1C1CCCCCCC1. The van der Waals surface area contributed by atoms with E-state index in [1.165, 1.54) is 19.3 Å². The fraction of sp³-hybridized carbons (Fsp3) is 0.545. The molecule has 0 radical (unpaired) electrons. The molecule has 1 aromatic rings. The van der Waals surface area contributed by atoms with Gasteiger partial charge in [-0.3, -0.25) is 14.5 Å².